The van der Waals surface area contributed by atoms with Gasteiger partial charge in [-0.1, -0.05) is 0 Å². The van der Waals surface area contributed by atoms with Crippen LogP contribution in [0, 0.1) is 5.41 Å². The molecule has 0 saturated carbocycles. The molecule has 25 heavy (non-hydrogen) atoms. The number of ether oxygens (including phenoxy) is 2. The highest BCUT2D eigenvalue weighted by atomic mass is 16.5. The lowest BCUT2D eigenvalue weighted by Gasteiger charge is -2.39. The first-order valence-corrected chi connectivity index (χ1v) is 8.95. The average molecular weight is 348 g/mol. The predicted octanol–water partition coefficient (Wildman–Crippen LogP) is 1.07. The maximum atomic E-state index is 12.6. The van der Waals surface area contributed by atoms with Crippen molar-refractivity contribution in [3.63, 3.8) is 0 Å². The molecule has 0 bridgehead atoms. The van der Waals surface area contributed by atoms with Gasteiger partial charge in [0.2, 0.25) is 0 Å². The fourth-order valence-corrected chi connectivity index (χ4v) is 4.21. The van der Waals surface area contributed by atoms with Crippen LogP contribution in [0.15, 0.2) is 18.6 Å². The molecule has 2 aliphatic rings. The summed E-state index contributed by atoms with van der Waals surface area (Å²) < 4.78 is 10.7. The quantitative estimate of drug-likeness (QED) is 0.766. The molecule has 2 saturated heterocycles. The van der Waals surface area contributed by atoms with E-state index in [-0.39, 0.29) is 5.91 Å². The highest BCUT2D eigenvalue weighted by Crippen LogP contribution is 2.43. The molecule has 3 heterocycles. The first-order valence-electron chi connectivity index (χ1n) is 8.95. The zero-order valence-electron chi connectivity index (χ0n) is 15.2. The lowest BCUT2D eigenvalue weighted by atomic mass is 9.76. The van der Waals surface area contributed by atoms with Gasteiger partial charge in [0, 0.05) is 52.6 Å². The molecule has 138 valence electrons. The van der Waals surface area contributed by atoms with Crippen molar-refractivity contribution >= 4 is 5.91 Å². The summed E-state index contributed by atoms with van der Waals surface area (Å²) in [7, 11) is 3.51. The number of piperidine rings is 1. The van der Waals surface area contributed by atoms with E-state index in [1.54, 1.807) is 26.5 Å². The Kier molecular flexibility index (Phi) is 5.98. The second-order valence-corrected chi connectivity index (χ2v) is 7.16. The summed E-state index contributed by atoms with van der Waals surface area (Å²) >= 11 is 0. The Balaban J connectivity index is 1.60. The number of methoxy groups -OCH3 is 2. The molecule has 1 spiro atoms. The zero-order chi connectivity index (χ0) is 17.7. The van der Waals surface area contributed by atoms with E-state index in [2.05, 4.69) is 14.9 Å². The van der Waals surface area contributed by atoms with Crippen LogP contribution in [0.1, 0.15) is 29.8 Å². The average Bonchev–Trinajstić information content (AvgIpc) is 2.98. The van der Waals surface area contributed by atoms with E-state index >= 15 is 0 Å². The number of likely N-dealkylation sites (tertiary alicyclic amines) is 2. The third-order valence-corrected chi connectivity index (χ3v) is 5.58. The summed E-state index contributed by atoms with van der Waals surface area (Å²) in [6, 6.07) is 2.13. The number of nitrogens with zero attached hydrogens (tertiary/aromatic N) is 4. The number of hydrogen-bond acceptors (Lipinski definition) is 6. The SMILES string of the molecule is COCCN1CC2(CCN(C(=O)c3ccncn3)CC2)C[C@H]1COC. The molecule has 1 aromatic heterocycles. The largest absolute Gasteiger partial charge is 0.383 e. The minimum Gasteiger partial charge on any atom is -0.383 e. The van der Waals surface area contributed by atoms with E-state index in [0.717, 1.165) is 58.7 Å². The molecule has 1 aromatic rings. The van der Waals surface area contributed by atoms with E-state index in [1.165, 1.54) is 6.33 Å². The Morgan fingerprint density at radius 3 is 2.76 bits per heavy atom. The van der Waals surface area contributed by atoms with Gasteiger partial charge in [0.05, 0.1) is 13.2 Å². The normalized spacial score (nSPS) is 23.3. The van der Waals surface area contributed by atoms with Gasteiger partial charge in [0.25, 0.3) is 5.91 Å². The zero-order valence-corrected chi connectivity index (χ0v) is 15.2. The maximum absolute atomic E-state index is 12.6. The molecule has 3 rings (SSSR count). The van der Waals surface area contributed by atoms with Crippen LogP contribution in [-0.2, 0) is 9.47 Å². The van der Waals surface area contributed by atoms with E-state index < -0.39 is 0 Å². The molecule has 0 N–H and O–H groups in total. The van der Waals surface area contributed by atoms with Crippen molar-refractivity contribution in [3.05, 3.63) is 24.3 Å². The number of hydrogen-bond donors (Lipinski definition) is 0. The standard InChI is InChI=1S/C18H28N4O3/c1-24-10-9-22-13-18(11-15(22)12-25-2)4-7-21(8-5-18)17(23)16-3-6-19-14-20-16/h3,6,14-15H,4-5,7-13H2,1-2H3/t15-/m0/s1. The van der Waals surface area contributed by atoms with Crippen LogP contribution in [0.25, 0.3) is 0 Å². The minimum atomic E-state index is 0.0138. The van der Waals surface area contributed by atoms with Gasteiger partial charge in [0.15, 0.2) is 0 Å². The van der Waals surface area contributed by atoms with Crippen LogP contribution in [0.3, 0.4) is 0 Å². The Morgan fingerprint density at radius 1 is 1.32 bits per heavy atom. The van der Waals surface area contributed by atoms with E-state index in [9.17, 15) is 4.79 Å². The van der Waals surface area contributed by atoms with Gasteiger partial charge in [-0.25, -0.2) is 9.97 Å². The van der Waals surface area contributed by atoms with E-state index in [4.69, 9.17) is 9.47 Å². The molecule has 0 aliphatic carbocycles. The Hall–Kier alpha value is -1.57. The monoisotopic (exact) mass is 348 g/mol. The van der Waals surface area contributed by atoms with Gasteiger partial charge >= 0.3 is 0 Å². The molecule has 7 heteroatoms. The molecule has 0 aromatic carbocycles. The van der Waals surface area contributed by atoms with Gasteiger partial charge < -0.3 is 14.4 Å². The van der Waals surface area contributed by atoms with Gasteiger partial charge in [-0.3, -0.25) is 9.69 Å². The topological polar surface area (TPSA) is 67.8 Å². The smallest absolute Gasteiger partial charge is 0.272 e. The van der Waals surface area contributed by atoms with Crippen LogP contribution in [0.4, 0.5) is 0 Å². The molecule has 1 amide bonds. The molecule has 0 radical (unpaired) electrons. The summed E-state index contributed by atoms with van der Waals surface area (Å²) in [5.74, 6) is 0.0138. The van der Waals surface area contributed by atoms with Gasteiger partial charge in [0.1, 0.15) is 12.0 Å². The van der Waals surface area contributed by atoms with Crippen molar-refractivity contribution in [1.29, 1.82) is 0 Å². The molecule has 2 fully saturated rings. The second-order valence-electron chi connectivity index (χ2n) is 7.16. The van der Waals surface area contributed by atoms with Crippen molar-refractivity contribution in [1.82, 2.24) is 19.8 Å². The molecule has 2 aliphatic heterocycles. The first kappa shape index (κ1) is 18.2. The lowest BCUT2D eigenvalue weighted by molar-refractivity contribution is 0.0576. The summed E-state index contributed by atoms with van der Waals surface area (Å²) in [6.45, 7) is 5.10. The summed E-state index contributed by atoms with van der Waals surface area (Å²) in [5.41, 5.74) is 0.774. The molecule has 0 unspecified atom stereocenters. The molecular weight excluding hydrogens is 320 g/mol. The van der Waals surface area contributed by atoms with E-state index in [1.807, 2.05) is 4.90 Å². The van der Waals surface area contributed by atoms with Crippen molar-refractivity contribution in [2.24, 2.45) is 5.41 Å². The third-order valence-electron chi connectivity index (χ3n) is 5.58. The Morgan fingerprint density at radius 2 is 2.12 bits per heavy atom. The summed E-state index contributed by atoms with van der Waals surface area (Å²) in [4.78, 5) is 25.0. The highest BCUT2D eigenvalue weighted by molar-refractivity contribution is 5.92. The van der Waals surface area contributed by atoms with Gasteiger partial charge in [-0.15, -0.1) is 0 Å². The molecule has 1 atom stereocenters. The molecular formula is C18H28N4O3. The van der Waals surface area contributed by atoms with E-state index in [0.29, 0.717) is 17.2 Å². The minimum absolute atomic E-state index is 0.0138. The number of amides is 1. The fourth-order valence-electron chi connectivity index (χ4n) is 4.21. The predicted molar refractivity (Wildman–Crippen MR) is 93.3 cm³/mol. The lowest BCUT2D eigenvalue weighted by Crippen LogP contribution is -2.44. The Bertz CT molecular complexity index is 561. The van der Waals surface area contributed by atoms with Crippen LogP contribution in [-0.4, -0.2) is 85.3 Å². The van der Waals surface area contributed by atoms with Crippen molar-refractivity contribution in [2.75, 3.05) is 53.6 Å². The van der Waals surface area contributed by atoms with Crippen molar-refractivity contribution < 1.29 is 14.3 Å². The van der Waals surface area contributed by atoms with Crippen molar-refractivity contribution in [2.45, 2.75) is 25.3 Å². The number of aromatic nitrogens is 2. The van der Waals surface area contributed by atoms with Crippen molar-refractivity contribution in [3.8, 4) is 0 Å². The first-order chi connectivity index (χ1) is 12.2. The number of carbonyl (C=O) groups excluding carboxylic acids is 1. The summed E-state index contributed by atoms with van der Waals surface area (Å²) in [5, 5.41) is 0. The van der Waals surface area contributed by atoms with Crippen LogP contribution in [0.2, 0.25) is 0 Å². The second kappa shape index (κ2) is 8.21. The Labute approximate surface area is 149 Å². The van der Waals surface area contributed by atoms with Crippen LogP contribution in [0.5, 0.6) is 0 Å². The van der Waals surface area contributed by atoms with Crippen LogP contribution >= 0.6 is 0 Å². The maximum Gasteiger partial charge on any atom is 0.272 e. The molecule has 7 nitrogen and oxygen atoms in total. The third kappa shape index (κ3) is 4.16. The number of carbonyl (C=O) groups is 1. The number of rotatable bonds is 6. The van der Waals surface area contributed by atoms with Crippen LogP contribution < -0.4 is 0 Å². The highest BCUT2D eigenvalue weighted by Gasteiger charge is 2.45. The van der Waals surface area contributed by atoms with Gasteiger partial charge in [-0.05, 0) is 30.7 Å². The summed E-state index contributed by atoms with van der Waals surface area (Å²) in [6.07, 6.45) is 6.26. The van der Waals surface area contributed by atoms with Gasteiger partial charge in [-0.2, -0.15) is 0 Å². The fraction of sp³-hybridized carbons (Fsp3) is 0.722.